The molecule has 144 valence electrons. The topological polar surface area (TPSA) is 120 Å². The summed E-state index contributed by atoms with van der Waals surface area (Å²) in [6, 6.07) is 3.05. The van der Waals surface area contributed by atoms with Crippen molar-refractivity contribution in [3.05, 3.63) is 58.0 Å². The highest BCUT2D eigenvalue weighted by molar-refractivity contribution is 5.93. The van der Waals surface area contributed by atoms with Crippen molar-refractivity contribution in [3.8, 4) is 5.82 Å². The van der Waals surface area contributed by atoms with Gasteiger partial charge in [0.25, 0.3) is 5.56 Å². The minimum absolute atomic E-state index is 0.181. The van der Waals surface area contributed by atoms with Gasteiger partial charge < -0.3 is 10.2 Å². The first-order valence-electron chi connectivity index (χ1n) is 8.57. The van der Waals surface area contributed by atoms with Gasteiger partial charge in [0.05, 0.1) is 5.92 Å². The lowest BCUT2D eigenvalue weighted by Gasteiger charge is -2.39. The Bertz CT molecular complexity index is 1140. The second kappa shape index (κ2) is 6.76. The van der Waals surface area contributed by atoms with E-state index >= 15 is 0 Å². The molecule has 0 spiro atoms. The number of nitrogens with one attached hydrogen (secondary N) is 1. The summed E-state index contributed by atoms with van der Waals surface area (Å²) in [5, 5.41) is 2.67. The lowest BCUT2D eigenvalue weighted by Crippen LogP contribution is -2.53. The van der Waals surface area contributed by atoms with E-state index in [1.807, 2.05) is 11.0 Å². The van der Waals surface area contributed by atoms with E-state index in [2.05, 4.69) is 20.3 Å². The molecule has 1 fully saturated rings. The number of carbonyl (C=O) groups is 1. The Morgan fingerprint density at radius 1 is 1.11 bits per heavy atom. The molecule has 1 N–H and O–H groups in total. The summed E-state index contributed by atoms with van der Waals surface area (Å²) < 4.78 is 3.98. The number of amides is 1. The van der Waals surface area contributed by atoms with Crippen LogP contribution in [0.3, 0.4) is 0 Å². The van der Waals surface area contributed by atoms with Crippen LogP contribution in [0.5, 0.6) is 0 Å². The molecule has 3 aromatic rings. The summed E-state index contributed by atoms with van der Waals surface area (Å²) in [7, 11) is 2.89. The lowest BCUT2D eigenvalue weighted by molar-refractivity contribution is -0.120. The van der Waals surface area contributed by atoms with Crippen molar-refractivity contribution in [2.75, 3.05) is 23.3 Å². The Balaban J connectivity index is 1.43. The first kappa shape index (κ1) is 17.6. The third kappa shape index (κ3) is 3.06. The molecule has 0 bridgehead atoms. The summed E-state index contributed by atoms with van der Waals surface area (Å²) >= 11 is 0. The van der Waals surface area contributed by atoms with Gasteiger partial charge in [0.2, 0.25) is 5.91 Å². The molecule has 0 atom stereocenters. The van der Waals surface area contributed by atoms with E-state index in [0.717, 1.165) is 4.57 Å². The maximum atomic E-state index is 12.5. The predicted octanol–water partition coefficient (Wildman–Crippen LogP) is -0.865. The number of hydrogen-bond donors (Lipinski definition) is 1. The maximum absolute atomic E-state index is 12.5. The summed E-state index contributed by atoms with van der Waals surface area (Å²) in [6.45, 7) is 0.954. The first-order chi connectivity index (χ1) is 13.4. The Morgan fingerprint density at radius 2 is 1.86 bits per heavy atom. The summed E-state index contributed by atoms with van der Waals surface area (Å²) in [5.74, 6) is 1.06. The first-order valence-corrected chi connectivity index (χ1v) is 8.57. The molecule has 0 saturated carbocycles. The number of nitrogens with zero attached hydrogens (tertiary/aromatic N) is 7. The van der Waals surface area contributed by atoms with E-state index in [0.29, 0.717) is 24.7 Å². The van der Waals surface area contributed by atoms with Gasteiger partial charge in [0.15, 0.2) is 0 Å². The number of rotatable bonds is 4. The summed E-state index contributed by atoms with van der Waals surface area (Å²) in [4.78, 5) is 50.6. The van der Waals surface area contributed by atoms with Gasteiger partial charge in [-0.15, -0.1) is 0 Å². The molecule has 1 saturated heterocycles. The molecule has 1 amide bonds. The normalized spacial score (nSPS) is 14.0. The second-order valence-corrected chi connectivity index (χ2v) is 6.56. The van der Waals surface area contributed by atoms with Crippen LogP contribution < -0.4 is 21.5 Å². The van der Waals surface area contributed by atoms with Crippen LogP contribution in [0.15, 0.2) is 46.8 Å². The third-order valence-electron chi connectivity index (χ3n) is 4.76. The van der Waals surface area contributed by atoms with Crippen molar-refractivity contribution in [1.29, 1.82) is 0 Å². The third-order valence-corrected chi connectivity index (χ3v) is 4.76. The second-order valence-electron chi connectivity index (χ2n) is 6.56. The van der Waals surface area contributed by atoms with Crippen LogP contribution in [0.2, 0.25) is 0 Å². The average Bonchev–Trinajstić information content (AvgIpc) is 3.18. The Morgan fingerprint density at radius 3 is 2.57 bits per heavy atom. The predicted molar refractivity (Wildman–Crippen MR) is 100 cm³/mol. The van der Waals surface area contributed by atoms with Crippen molar-refractivity contribution in [1.82, 2.24) is 28.7 Å². The van der Waals surface area contributed by atoms with Gasteiger partial charge in [-0.2, -0.15) is 0 Å². The van der Waals surface area contributed by atoms with Gasteiger partial charge in [-0.1, -0.05) is 0 Å². The van der Waals surface area contributed by atoms with Gasteiger partial charge >= 0.3 is 5.69 Å². The van der Waals surface area contributed by atoms with Crippen LogP contribution in [0, 0.1) is 5.92 Å². The van der Waals surface area contributed by atoms with Crippen LogP contribution in [-0.2, 0) is 18.9 Å². The molecule has 1 aliphatic heterocycles. The monoisotopic (exact) mass is 382 g/mol. The van der Waals surface area contributed by atoms with Crippen LogP contribution in [0.1, 0.15) is 0 Å². The highest BCUT2D eigenvalue weighted by Crippen LogP contribution is 2.24. The van der Waals surface area contributed by atoms with E-state index in [1.165, 1.54) is 31.1 Å². The minimum Gasteiger partial charge on any atom is -0.355 e. The van der Waals surface area contributed by atoms with Gasteiger partial charge in [-0.25, -0.2) is 19.7 Å². The van der Waals surface area contributed by atoms with Crippen LogP contribution in [-0.4, -0.2) is 47.6 Å². The van der Waals surface area contributed by atoms with Gasteiger partial charge in [-0.05, 0) is 0 Å². The highest BCUT2D eigenvalue weighted by atomic mass is 16.2. The molecule has 4 heterocycles. The molecule has 0 unspecified atom stereocenters. The van der Waals surface area contributed by atoms with Crippen molar-refractivity contribution in [2.24, 2.45) is 20.0 Å². The standard InChI is InChI=1S/C17H18N8O3/c1-22-14(6-15(26)23(2)17(22)28)21-16(27)11-7-25(8-11)13-5-12(19-9-20-13)24-4-3-18-10-24/h3-6,9-11H,7-8H2,1-2H3,(H,21,27). The SMILES string of the molecule is Cn1c(NC(=O)C2CN(c3cc(-n4ccnc4)ncn3)C2)cc(=O)n(C)c1=O. The highest BCUT2D eigenvalue weighted by Gasteiger charge is 2.34. The fourth-order valence-electron chi connectivity index (χ4n) is 2.96. The minimum atomic E-state index is -0.494. The summed E-state index contributed by atoms with van der Waals surface area (Å²) in [5.41, 5.74) is -0.965. The zero-order valence-electron chi connectivity index (χ0n) is 15.3. The molecular weight excluding hydrogens is 364 g/mol. The van der Waals surface area contributed by atoms with Gasteiger partial charge in [0, 0.05) is 51.7 Å². The van der Waals surface area contributed by atoms with E-state index in [4.69, 9.17) is 0 Å². The van der Waals surface area contributed by atoms with E-state index < -0.39 is 11.2 Å². The van der Waals surface area contributed by atoms with Crippen LogP contribution in [0.25, 0.3) is 5.82 Å². The van der Waals surface area contributed by atoms with Crippen LogP contribution >= 0.6 is 0 Å². The molecular formula is C17H18N8O3. The Hall–Kier alpha value is -3.76. The van der Waals surface area contributed by atoms with Gasteiger partial charge in [-0.3, -0.25) is 23.3 Å². The molecule has 4 rings (SSSR count). The van der Waals surface area contributed by atoms with Crippen molar-refractivity contribution >= 4 is 17.5 Å². The maximum Gasteiger partial charge on any atom is 0.332 e. The van der Waals surface area contributed by atoms with Gasteiger partial charge in [0.1, 0.15) is 30.1 Å². The molecule has 11 nitrogen and oxygen atoms in total. The number of hydrogen-bond acceptors (Lipinski definition) is 7. The number of carbonyl (C=O) groups excluding carboxylic acids is 1. The molecule has 0 radical (unpaired) electrons. The number of aromatic nitrogens is 6. The molecule has 3 aromatic heterocycles. The van der Waals surface area contributed by atoms with E-state index in [1.54, 1.807) is 23.3 Å². The van der Waals surface area contributed by atoms with Crippen LogP contribution in [0.4, 0.5) is 11.6 Å². The Labute approximate surface area is 158 Å². The molecule has 0 aromatic carbocycles. The van der Waals surface area contributed by atoms with E-state index in [-0.39, 0.29) is 17.6 Å². The largest absolute Gasteiger partial charge is 0.355 e. The number of anilines is 2. The lowest BCUT2D eigenvalue weighted by atomic mass is 9.99. The number of imidazole rings is 1. The molecule has 0 aliphatic carbocycles. The quantitative estimate of drug-likeness (QED) is 0.623. The van der Waals surface area contributed by atoms with Crippen molar-refractivity contribution < 1.29 is 4.79 Å². The van der Waals surface area contributed by atoms with Crippen molar-refractivity contribution in [3.63, 3.8) is 0 Å². The molecule has 28 heavy (non-hydrogen) atoms. The fourth-order valence-corrected chi connectivity index (χ4v) is 2.96. The smallest absolute Gasteiger partial charge is 0.332 e. The summed E-state index contributed by atoms with van der Waals surface area (Å²) in [6.07, 6.45) is 6.56. The molecule has 11 heteroatoms. The van der Waals surface area contributed by atoms with Crippen molar-refractivity contribution in [2.45, 2.75) is 0 Å². The average molecular weight is 382 g/mol. The van der Waals surface area contributed by atoms with E-state index in [9.17, 15) is 14.4 Å². The molecule has 1 aliphatic rings. The zero-order chi connectivity index (χ0) is 19.8. The Kier molecular flexibility index (Phi) is 4.26. The fraction of sp³-hybridized carbons (Fsp3) is 0.294. The zero-order valence-corrected chi connectivity index (χ0v) is 15.3.